The molecule has 0 saturated heterocycles. The van der Waals surface area contributed by atoms with Crippen LogP contribution >= 0.6 is 39.9 Å². The van der Waals surface area contributed by atoms with Crippen LogP contribution in [0.25, 0.3) is 0 Å². The molecule has 1 aliphatic carbocycles. The van der Waals surface area contributed by atoms with Gasteiger partial charge in [-0.25, -0.2) is 0 Å². The summed E-state index contributed by atoms with van der Waals surface area (Å²) in [6.07, 6.45) is 5.17. The number of hydrogen-bond acceptors (Lipinski definition) is 1. The van der Waals surface area contributed by atoms with Crippen LogP contribution in [-0.2, 0) is 0 Å². The van der Waals surface area contributed by atoms with Gasteiger partial charge in [-0.15, -0.1) is 12.4 Å². The van der Waals surface area contributed by atoms with Gasteiger partial charge in [-0.2, -0.15) is 0 Å². The normalized spacial score (nSPS) is 18.2. The monoisotopic (exact) mass is 323 g/mol. The second-order valence-electron chi connectivity index (χ2n) is 4.24. The van der Waals surface area contributed by atoms with Crippen molar-refractivity contribution in [1.82, 2.24) is 0 Å². The van der Waals surface area contributed by atoms with Crippen molar-refractivity contribution in [3.8, 4) is 0 Å². The zero-order valence-electron chi connectivity index (χ0n) is 8.96. The van der Waals surface area contributed by atoms with Crippen LogP contribution in [0.2, 0.25) is 5.02 Å². The zero-order valence-corrected chi connectivity index (χ0v) is 12.1. The minimum absolute atomic E-state index is 0. The summed E-state index contributed by atoms with van der Waals surface area (Å²) in [5.74, 6) is 0.641. The smallest absolute Gasteiger partial charge is 0.0417 e. The Labute approximate surface area is 116 Å². The largest absolute Gasteiger partial charge is 0.324 e. The SMILES string of the molecule is Cl.N[C@H](c1ccc(Cl)cc1Br)C1CCCC1. The highest BCUT2D eigenvalue weighted by Gasteiger charge is 2.24. The summed E-state index contributed by atoms with van der Waals surface area (Å²) in [5.41, 5.74) is 7.46. The van der Waals surface area contributed by atoms with Crippen molar-refractivity contribution in [2.45, 2.75) is 31.7 Å². The van der Waals surface area contributed by atoms with Gasteiger partial charge in [0.15, 0.2) is 0 Å². The van der Waals surface area contributed by atoms with Crippen molar-refractivity contribution in [3.63, 3.8) is 0 Å². The van der Waals surface area contributed by atoms with Crippen LogP contribution < -0.4 is 5.73 Å². The van der Waals surface area contributed by atoms with E-state index >= 15 is 0 Å². The molecule has 0 spiro atoms. The predicted octanol–water partition coefficient (Wildman–Crippen LogP) is 4.71. The maximum absolute atomic E-state index is 6.28. The number of halogens is 3. The van der Waals surface area contributed by atoms with E-state index in [1.54, 1.807) is 0 Å². The topological polar surface area (TPSA) is 26.0 Å². The van der Waals surface area contributed by atoms with E-state index in [-0.39, 0.29) is 18.4 Å². The van der Waals surface area contributed by atoms with E-state index in [0.717, 1.165) is 9.50 Å². The zero-order chi connectivity index (χ0) is 10.8. The fourth-order valence-electron chi connectivity index (χ4n) is 2.34. The molecule has 2 rings (SSSR count). The summed E-state index contributed by atoms with van der Waals surface area (Å²) in [6, 6.07) is 6.02. The Morgan fingerprint density at radius 3 is 2.50 bits per heavy atom. The molecule has 1 aromatic rings. The van der Waals surface area contributed by atoms with Gasteiger partial charge in [0.2, 0.25) is 0 Å². The van der Waals surface area contributed by atoms with Gasteiger partial charge in [0, 0.05) is 15.5 Å². The molecular weight excluding hydrogens is 309 g/mol. The van der Waals surface area contributed by atoms with Crippen molar-refractivity contribution < 1.29 is 0 Å². The maximum atomic E-state index is 6.28. The Balaban J connectivity index is 0.00000128. The van der Waals surface area contributed by atoms with Crippen molar-refractivity contribution in [2.24, 2.45) is 11.7 Å². The number of hydrogen-bond donors (Lipinski definition) is 1. The number of nitrogens with two attached hydrogens (primary N) is 1. The minimum Gasteiger partial charge on any atom is -0.324 e. The van der Waals surface area contributed by atoms with Gasteiger partial charge in [-0.3, -0.25) is 0 Å². The van der Waals surface area contributed by atoms with Gasteiger partial charge in [0.05, 0.1) is 0 Å². The van der Waals surface area contributed by atoms with E-state index < -0.39 is 0 Å². The van der Waals surface area contributed by atoms with Gasteiger partial charge >= 0.3 is 0 Å². The highest BCUT2D eigenvalue weighted by molar-refractivity contribution is 9.10. The van der Waals surface area contributed by atoms with E-state index in [1.165, 1.54) is 31.2 Å². The van der Waals surface area contributed by atoms with Crippen LogP contribution in [0.3, 0.4) is 0 Å². The molecule has 1 atom stereocenters. The first-order valence-electron chi connectivity index (χ1n) is 5.39. The van der Waals surface area contributed by atoms with Crippen LogP contribution in [0.15, 0.2) is 22.7 Å². The third-order valence-electron chi connectivity index (χ3n) is 3.23. The van der Waals surface area contributed by atoms with Gasteiger partial charge in [-0.05, 0) is 36.5 Å². The van der Waals surface area contributed by atoms with Gasteiger partial charge < -0.3 is 5.73 Å². The first-order valence-corrected chi connectivity index (χ1v) is 6.56. The van der Waals surface area contributed by atoms with Crippen molar-refractivity contribution in [1.29, 1.82) is 0 Å². The Kier molecular flexibility index (Phi) is 5.58. The van der Waals surface area contributed by atoms with E-state index in [9.17, 15) is 0 Å². The lowest BCUT2D eigenvalue weighted by Gasteiger charge is -2.20. The lowest BCUT2D eigenvalue weighted by molar-refractivity contribution is 0.444. The van der Waals surface area contributed by atoms with E-state index in [2.05, 4.69) is 15.9 Å². The summed E-state index contributed by atoms with van der Waals surface area (Å²) in [7, 11) is 0. The molecule has 0 unspecified atom stereocenters. The van der Waals surface area contributed by atoms with Crippen LogP contribution in [0.1, 0.15) is 37.3 Å². The molecule has 2 N–H and O–H groups in total. The summed E-state index contributed by atoms with van der Waals surface area (Å²) >= 11 is 9.44. The fraction of sp³-hybridized carbons (Fsp3) is 0.500. The quantitative estimate of drug-likeness (QED) is 0.837. The third kappa shape index (κ3) is 3.13. The molecule has 0 amide bonds. The molecule has 1 nitrogen and oxygen atoms in total. The Morgan fingerprint density at radius 2 is 1.94 bits per heavy atom. The number of benzene rings is 1. The molecule has 0 bridgehead atoms. The molecule has 90 valence electrons. The highest BCUT2D eigenvalue weighted by Crippen LogP contribution is 2.37. The van der Waals surface area contributed by atoms with Gasteiger partial charge in [0.25, 0.3) is 0 Å². The average Bonchev–Trinajstić information content (AvgIpc) is 2.69. The molecule has 1 fully saturated rings. The lowest BCUT2D eigenvalue weighted by Crippen LogP contribution is -2.19. The molecule has 0 aliphatic heterocycles. The first kappa shape index (κ1) is 14.3. The Morgan fingerprint density at radius 1 is 1.31 bits per heavy atom. The Hall–Kier alpha value is 0.240. The summed E-state index contributed by atoms with van der Waals surface area (Å²) in [4.78, 5) is 0. The van der Waals surface area contributed by atoms with Crippen molar-refractivity contribution in [2.75, 3.05) is 0 Å². The average molecular weight is 325 g/mol. The molecule has 0 aromatic heterocycles. The summed E-state index contributed by atoms with van der Waals surface area (Å²) in [5, 5.41) is 0.754. The van der Waals surface area contributed by atoms with E-state index in [1.807, 2.05) is 18.2 Å². The standard InChI is InChI=1S/C12H15BrClN.ClH/c13-11-7-9(14)5-6-10(11)12(15)8-3-1-2-4-8;/h5-8,12H,1-4,15H2;1H/t12-;/m0./s1. The molecule has 1 saturated carbocycles. The lowest BCUT2D eigenvalue weighted by atomic mass is 9.93. The predicted molar refractivity (Wildman–Crippen MR) is 75.3 cm³/mol. The molecular formula is C12H16BrCl2N. The second kappa shape index (κ2) is 6.25. The third-order valence-corrected chi connectivity index (χ3v) is 4.15. The highest BCUT2D eigenvalue weighted by atomic mass is 79.9. The maximum Gasteiger partial charge on any atom is 0.0417 e. The van der Waals surface area contributed by atoms with Crippen LogP contribution in [-0.4, -0.2) is 0 Å². The Bertz CT molecular complexity index is 351. The molecule has 0 radical (unpaired) electrons. The van der Waals surface area contributed by atoms with Gasteiger partial charge in [0.1, 0.15) is 0 Å². The van der Waals surface area contributed by atoms with Gasteiger partial charge in [-0.1, -0.05) is 46.4 Å². The van der Waals surface area contributed by atoms with Crippen LogP contribution in [0.4, 0.5) is 0 Å². The molecule has 16 heavy (non-hydrogen) atoms. The molecule has 1 aromatic carbocycles. The van der Waals surface area contributed by atoms with E-state index in [4.69, 9.17) is 17.3 Å². The second-order valence-corrected chi connectivity index (χ2v) is 5.53. The van der Waals surface area contributed by atoms with Crippen LogP contribution in [0.5, 0.6) is 0 Å². The minimum atomic E-state index is 0. The van der Waals surface area contributed by atoms with E-state index in [0.29, 0.717) is 5.92 Å². The van der Waals surface area contributed by atoms with Crippen molar-refractivity contribution in [3.05, 3.63) is 33.3 Å². The fourth-order valence-corrected chi connectivity index (χ4v) is 3.29. The van der Waals surface area contributed by atoms with Crippen LogP contribution in [0, 0.1) is 5.92 Å². The first-order chi connectivity index (χ1) is 7.18. The number of rotatable bonds is 2. The summed E-state index contributed by atoms with van der Waals surface area (Å²) < 4.78 is 1.04. The van der Waals surface area contributed by atoms with Crippen molar-refractivity contribution >= 4 is 39.9 Å². The summed E-state index contributed by atoms with van der Waals surface area (Å²) in [6.45, 7) is 0. The molecule has 1 aliphatic rings. The molecule has 0 heterocycles. The molecule has 4 heteroatoms.